The molecule has 0 aliphatic carbocycles. The number of nitrogens with two attached hydrogens (primary N) is 1. The Morgan fingerprint density at radius 1 is 1.24 bits per heavy atom. The van der Waals surface area contributed by atoms with E-state index in [0.717, 1.165) is 23.5 Å². The van der Waals surface area contributed by atoms with E-state index in [1.54, 1.807) is 0 Å². The van der Waals surface area contributed by atoms with Crippen LogP contribution < -0.4 is 5.73 Å². The van der Waals surface area contributed by atoms with Crippen molar-refractivity contribution in [2.24, 2.45) is 0 Å². The van der Waals surface area contributed by atoms with Gasteiger partial charge in [0.1, 0.15) is 5.82 Å². The van der Waals surface area contributed by atoms with E-state index in [1.807, 2.05) is 0 Å². The summed E-state index contributed by atoms with van der Waals surface area (Å²) in [4.78, 5) is 12.0. The molecule has 2 rings (SSSR count). The van der Waals surface area contributed by atoms with E-state index in [1.165, 1.54) is 12.1 Å². The molecule has 0 spiro atoms. The third-order valence-corrected chi connectivity index (χ3v) is 3.37. The monoisotopic (exact) mass is 273 g/mol. The van der Waals surface area contributed by atoms with Gasteiger partial charge in [0, 0.05) is 0 Å². The van der Waals surface area contributed by atoms with E-state index < -0.39 is 23.0 Å². The first-order valence-electron chi connectivity index (χ1n) is 4.54. The van der Waals surface area contributed by atoms with Crippen LogP contribution >= 0.6 is 22.9 Å². The number of hydrogen-bond acceptors (Lipinski definition) is 3. The highest BCUT2D eigenvalue weighted by molar-refractivity contribution is 7.18. The van der Waals surface area contributed by atoms with E-state index >= 15 is 0 Å². The summed E-state index contributed by atoms with van der Waals surface area (Å²) in [7, 11) is 0. The van der Waals surface area contributed by atoms with Gasteiger partial charge in [-0.1, -0.05) is 11.6 Å². The standard InChI is InChI=1S/C11H6ClF2NOS/c12-8-4-3-7(17-8)11(16)9-5(13)1-2-6(15)10(9)14/h1-4H,15H2. The number of nitrogen functional groups attached to an aromatic ring is 1. The van der Waals surface area contributed by atoms with Crippen molar-refractivity contribution in [3.05, 3.63) is 50.7 Å². The molecule has 0 aliphatic heterocycles. The maximum absolute atomic E-state index is 13.6. The Labute approximate surface area is 105 Å². The van der Waals surface area contributed by atoms with Crippen LogP contribution in [0.2, 0.25) is 4.34 Å². The van der Waals surface area contributed by atoms with E-state index in [2.05, 4.69) is 0 Å². The summed E-state index contributed by atoms with van der Waals surface area (Å²) < 4.78 is 27.4. The quantitative estimate of drug-likeness (QED) is 0.672. The Morgan fingerprint density at radius 3 is 2.53 bits per heavy atom. The molecule has 0 amide bonds. The lowest BCUT2D eigenvalue weighted by molar-refractivity contribution is 0.103. The normalized spacial score (nSPS) is 10.5. The molecular weight excluding hydrogens is 268 g/mol. The third-order valence-electron chi connectivity index (χ3n) is 2.15. The molecular formula is C11H6ClF2NOS. The molecule has 0 saturated heterocycles. The van der Waals surface area contributed by atoms with Crippen molar-refractivity contribution < 1.29 is 13.6 Å². The highest BCUT2D eigenvalue weighted by Crippen LogP contribution is 2.27. The van der Waals surface area contributed by atoms with Gasteiger partial charge in [0.25, 0.3) is 0 Å². The van der Waals surface area contributed by atoms with Crippen LogP contribution in [0.25, 0.3) is 0 Å². The van der Waals surface area contributed by atoms with Gasteiger partial charge in [0.2, 0.25) is 5.78 Å². The van der Waals surface area contributed by atoms with Gasteiger partial charge in [-0.3, -0.25) is 4.79 Å². The van der Waals surface area contributed by atoms with Crippen molar-refractivity contribution in [3.8, 4) is 0 Å². The number of ketones is 1. The molecule has 0 saturated carbocycles. The summed E-state index contributed by atoms with van der Waals surface area (Å²) in [6.45, 7) is 0. The summed E-state index contributed by atoms with van der Waals surface area (Å²) in [5, 5.41) is 0. The molecule has 0 bridgehead atoms. The molecule has 1 aromatic carbocycles. The van der Waals surface area contributed by atoms with Crippen LogP contribution in [-0.4, -0.2) is 5.78 Å². The second kappa shape index (κ2) is 4.43. The van der Waals surface area contributed by atoms with Crippen LogP contribution in [0.5, 0.6) is 0 Å². The van der Waals surface area contributed by atoms with Crippen molar-refractivity contribution in [1.82, 2.24) is 0 Å². The smallest absolute Gasteiger partial charge is 0.208 e. The predicted octanol–water partition coefficient (Wildman–Crippen LogP) is 3.49. The lowest BCUT2D eigenvalue weighted by Gasteiger charge is -2.04. The van der Waals surface area contributed by atoms with Gasteiger partial charge in [0.05, 0.1) is 20.5 Å². The van der Waals surface area contributed by atoms with E-state index in [9.17, 15) is 13.6 Å². The molecule has 0 fully saturated rings. The number of carbonyl (C=O) groups is 1. The minimum atomic E-state index is -1.04. The fraction of sp³-hybridized carbons (Fsp3) is 0. The largest absolute Gasteiger partial charge is 0.396 e. The van der Waals surface area contributed by atoms with Gasteiger partial charge in [-0.05, 0) is 24.3 Å². The zero-order valence-corrected chi connectivity index (χ0v) is 9.91. The van der Waals surface area contributed by atoms with Crippen molar-refractivity contribution in [2.75, 3.05) is 5.73 Å². The first kappa shape index (κ1) is 12.0. The van der Waals surface area contributed by atoms with Gasteiger partial charge in [-0.15, -0.1) is 11.3 Å². The SMILES string of the molecule is Nc1ccc(F)c(C(=O)c2ccc(Cl)s2)c1F. The molecule has 88 valence electrons. The van der Waals surface area contributed by atoms with Crippen molar-refractivity contribution in [3.63, 3.8) is 0 Å². The first-order chi connectivity index (χ1) is 8.00. The molecule has 2 nitrogen and oxygen atoms in total. The second-order valence-corrected chi connectivity index (χ2v) is 4.97. The average Bonchev–Trinajstić information content (AvgIpc) is 2.71. The average molecular weight is 274 g/mol. The van der Waals surface area contributed by atoms with Gasteiger partial charge >= 0.3 is 0 Å². The lowest BCUT2D eigenvalue weighted by atomic mass is 10.1. The Hall–Kier alpha value is -1.46. The van der Waals surface area contributed by atoms with Crippen LogP contribution in [0.1, 0.15) is 15.2 Å². The van der Waals surface area contributed by atoms with Crippen LogP contribution in [0.3, 0.4) is 0 Å². The van der Waals surface area contributed by atoms with Crippen LogP contribution in [-0.2, 0) is 0 Å². The van der Waals surface area contributed by atoms with Crippen LogP contribution in [0.15, 0.2) is 24.3 Å². The lowest BCUT2D eigenvalue weighted by Crippen LogP contribution is -2.08. The van der Waals surface area contributed by atoms with E-state index in [-0.39, 0.29) is 10.6 Å². The van der Waals surface area contributed by atoms with Gasteiger partial charge < -0.3 is 5.73 Å². The zero-order valence-electron chi connectivity index (χ0n) is 8.34. The van der Waals surface area contributed by atoms with Crippen molar-refractivity contribution in [2.45, 2.75) is 0 Å². The molecule has 0 aliphatic rings. The number of benzene rings is 1. The fourth-order valence-electron chi connectivity index (χ4n) is 1.34. The topological polar surface area (TPSA) is 43.1 Å². The second-order valence-electron chi connectivity index (χ2n) is 3.26. The van der Waals surface area contributed by atoms with Gasteiger partial charge in [-0.25, -0.2) is 8.78 Å². The van der Waals surface area contributed by atoms with E-state index in [0.29, 0.717) is 4.34 Å². The van der Waals surface area contributed by atoms with Crippen LogP contribution in [0, 0.1) is 11.6 Å². The predicted molar refractivity (Wildman–Crippen MR) is 63.5 cm³/mol. The minimum Gasteiger partial charge on any atom is -0.396 e. The Bertz CT molecular complexity index is 597. The first-order valence-corrected chi connectivity index (χ1v) is 5.73. The number of rotatable bonds is 2. The molecule has 0 atom stereocenters. The summed E-state index contributed by atoms with van der Waals surface area (Å²) >= 11 is 6.61. The maximum atomic E-state index is 13.6. The maximum Gasteiger partial charge on any atom is 0.208 e. The molecule has 6 heteroatoms. The third kappa shape index (κ3) is 2.16. The molecule has 1 aromatic heterocycles. The van der Waals surface area contributed by atoms with Crippen molar-refractivity contribution in [1.29, 1.82) is 0 Å². The number of hydrogen-bond donors (Lipinski definition) is 1. The molecule has 0 radical (unpaired) electrons. The summed E-state index contributed by atoms with van der Waals surface area (Å²) in [5.74, 6) is -2.74. The molecule has 1 heterocycles. The van der Waals surface area contributed by atoms with Crippen molar-refractivity contribution >= 4 is 34.4 Å². The molecule has 2 aromatic rings. The highest BCUT2D eigenvalue weighted by atomic mass is 35.5. The highest BCUT2D eigenvalue weighted by Gasteiger charge is 2.22. The Kier molecular flexibility index (Phi) is 3.13. The zero-order chi connectivity index (χ0) is 12.6. The minimum absolute atomic E-state index is 0.165. The number of carbonyl (C=O) groups excluding carboxylic acids is 1. The summed E-state index contributed by atoms with van der Waals surface area (Å²) in [5.41, 5.74) is 4.38. The van der Waals surface area contributed by atoms with Gasteiger partial charge in [-0.2, -0.15) is 0 Å². The Morgan fingerprint density at radius 2 is 1.94 bits per heavy atom. The molecule has 17 heavy (non-hydrogen) atoms. The number of anilines is 1. The van der Waals surface area contributed by atoms with Gasteiger partial charge in [0.15, 0.2) is 5.82 Å². The summed E-state index contributed by atoms with van der Waals surface area (Å²) in [6.07, 6.45) is 0. The van der Waals surface area contributed by atoms with E-state index in [4.69, 9.17) is 17.3 Å². The number of halogens is 3. The molecule has 0 unspecified atom stereocenters. The Balaban J connectivity index is 2.54. The number of thiophene rings is 1. The fourth-order valence-corrected chi connectivity index (χ4v) is 2.33. The molecule has 2 N–H and O–H groups in total. The summed E-state index contributed by atoms with van der Waals surface area (Å²) in [6, 6.07) is 4.93. The van der Waals surface area contributed by atoms with Crippen LogP contribution in [0.4, 0.5) is 14.5 Å².